The highest BCUT2D eigenvalue weighted by molar-refractivity contribution is 5.92. The SMILES string of the molecule is Cc1cc(C(=O)NCCC(C)C)nc(Nc2ccccc2N2CCOCC2)n1. The topological polar surface area (TPSA) is 79.4 Å². The van der Waals surface area contributed by atoms with Gasteiger partial charge in [-0.15, -0.1) is 0 Å². The van der Waals surface area contributed by atoms with Gasteiger partial charge < -0.3 is 20.3 Å². The summed E-state index contributed by atoms with van der Waals surface area (Å²) in [5.41, 5.74) is 3.12. The van der Waals surface area contributed by atoms with Gasteiger partial charge in [-0.25, -0.2) is 9.97 Å². The lowest BCUT2D eigenvalue weighted by molar-refractivity contribution is 0.0947. The van der Waals surface area contributed by atoms with Crippen LogP contribution in [0.2, 0.25) is 0 Å². The monoisotopic (exact) mass is 383 g/mol. The highest BCUT2D eigenvalue weighted by Crippen LogP contribution is 2.28. The molecule has 0 bridgehead atoms. The van der Waals surface area contributed by atoms with Crippen LogP contribution < -0.4 is 15.5 Å². The van der Waals surface area contributed by atoms with Crippen LogP contribution in [0, 0.1) is 12.8 Å². The van der Waals surface area contributed by atoms with Gasteiger partial charge in [0.2, 0.25) is 5.95 Å². The number of aromatic nitrogens is 2. The highest BCUT2D eigenvalue weighted by atomic mass is 16.5. The van der Waals surface area contributed by atoms with Crippen LogP contribution in [0.25, 0.3) is 0 Å². The molecular weight excluding hydrogens is 354 g/mol. The molecule has 0 saturated carbocycles. The second-order valence-electron chi connectivity index (χ2n) is 7.40. The van der Waals surface area contributed by atoms with Gasteiger partial charge >= 0.3 is 0 Å². The van der Waals surface area contributed by atoms with Crippen molar-refractivity contribution in [3.05, 3.63) is 41.7 Å². The number of benzene rings is 1. The number of hydrogen-bond acceptors (Lipinski definition) is 6. The van der Waals surface area contributed by atoms with E-state index in [-0.39, 0.29) is 5.91 Å². The molecule has 2 N–H and O–H groups in total. The molecule has 1 aromatic heterocycles. The van der Waals surface area contributed by atoms with Crippen LogP contribution in [0.3, 0.4) is 0 Å². The van der Waals surface area contributed by atoms with Gasteiger partial charge in [-0.05, 0) is 37.5 Å². The van der Waals surface area contributed by atoms with Crippen LogP contribution in [0.4, 0.5) is 17.3 Å². The Morgan fingerprint density at radius 1 is 1.21 bits per heavy atom. The fraction of sp³-hybridized carbons (Fsp3) is 0.476. The van der Waals surface area contributed by atoms with Gasteiger partial charge in [0.25, 0.3) is 5.91 Å². The second-order valence-corrected chi connectivity index (χ2v) is 7.40. The quantitative estimate of drug-likeness (QED) is 0.765. The lowest BCUT2D eigenvalue weighted by Gasteiger charge is -2.30. The van der Waals surface area contributed by atoms with Gasteiger partial charge in [-0.3, -0.25) is 4.79 Å². The average molecular weight is 383 g/mol. The number of nitrogens with zero attached hydrogens (tertiary/aromatic N) is 3. The van der Waals surface area contributed by atoms with E-state index in [0.717, 1.165) is 49.8 Å². The maximum atomic E-state index is 12.4. The molecule has 0 aliphatic carbocycles. The number of anilines is 3. The van der Waals surface area contributed by atoms with Crippen LogP contribution in [0.5, 0.6) is 0 Å². The molecule has 1 amide bonds. The van der Waals surface area contributed by atoms with Crippen LogP contribution in [0.1, 0.15) is 36.5 Å². The van der Waals surface area contributed by atoms with E-state index in [2.05, 4.69) is 45.4 Å². The Morgan fingerprint density at radius 2 is 1.96 bits per heavy atom. The third-order valence-electron chi connectivity index (χ3n) is 4.60. The van der Waals surface area contributed by atoms with E-state index in [0.29, 0.717) is 24.1 Å². The van der Waals surface area contributed by atoms with E-state index in [4.69, 9.17) is 4.74 Å². The number of rotatable bonds is 7. The second kappa shape index (κ2) is 9.50. The summed E-state index contributed by atoms with van der Waals surface area (Å²) in [7, 11) is 0. The Labute approximate surface area is 166 Å². The van der Waals surface area contributed by atoms with E-state index in [1.54, 1.807) is 6.07 Å². The van der Waals surface area contributed by atoms with E-state index >= 15 is 0 Å². The van der Waals surface area contributed by atoms with Gasteiger partial charge in [-0.2, -0.15) is 0 Å². The molecule has 150 valence electrons. The van der Waals surface area contributed by atoms with E-state index in [9.17, 15) is 4.79 Å². The predicted molar refractivity (Wildman–Crippen MR) is 111 cm³/mol. The fourth-order valence-corrected chi connectivity index (χ4v) is 3.09. The smallest absolute Gasteiger partial charge is 0.270 e. The number of aryl methyl sites for hydroxylation is 1. The van der Waals surface area contributed by atoms with Crippen molar-refractivity contribution in [2.75, 3.05) is 43.1 Å². The molecule has 1 saturated heterocycles. The van der Waals surface area contributed by atoms with E-state index in [1.807, 2.05) is 25.1 Å². The van der Waals surface area contributed by atoms with Gasteiger partial charge in [0.05, 0.1) is 24.6 Å². The van der Waals surface area contributed by atoms with Crippen molar-refractivity contribution in [1.29, 1.82) is 0 Å². The highest BCUT2D eigenvalue weighted by Gasteiger charge is 2.16. The van der Waals surface area contributed by atoms with Crippen LogP contribution in [-0.4, -0.2) is 48.7 Å². The molecule has 0 radical (unpaired) electrons. The zero-order chi connectivity index (χ0) is 19.9. The first kappa shape index (κ1) is 20.1. The normalized spacial score (nSPS) is 14.2. The zero-order valence-electron chi connectivity index (χ0n) is 16.9. The number of carbonyl (C=O) groups excluding carboxylic acids is 1. The van der Waals surface area contributed by atoms with Crippen molar-refractivity contribution in [3.63, 3.8) is 0 Å². The maximum absolute atomic E-state index is 12.4. The summed E-state index contributed by atoms with van der Waals surface area (Å²) >= 11 is 0. The van der Waals surface area contributed by atoms with Crippen molar-refractivity contribution in [1.82, 2.24) is 15.3 Å². The Bertz CT molecular complexity index is 803. The molecule has 7 nitrogen and oxygen atoms in total. The molecule has 1 fully saturated rings. The summed E-state index contributed by atoms with van der Waals surface area (Å²) in [4.78, 5) is 23.6. The lowest BCUT2D eigenvalue weighted by Crippen LogP contribution is -2.36. The van der Waals surface area contributed by atoms with Gasteiger partial charge in [0.1, 0.15) is 5.69 Å². The number of morpholine rings is 1. The minimum atomic E-state index is -0.171. The molecule has 0 spiro atoms. The number of para-hydroxylation sites is 2. The van der Waals surface area contributed by atoms with Gasteiger partial charge in [0, 0.05) is 25.3 Å². The fourth-order valence-electron chi connectivity index (χ4n) is 3.09. The number of ether oxygens (including phenoxy) is 1. The first-order valence-electron chi connectivity index (χ1n) is 9.85. The Balaban J connectivity index is 1.76. The summed E-state index contributed by atoms with van der Waals surface area (Å²) < 4.78 is 5.45. The molecule has 1 aromatic carbocycles. The zero-order valence-corrected chi connectivity index (χ0v) is 16.9. The number of nitrogens with one attached hydrogen (secondary N) is 2. The molecule has 0 atom stereocenters. The first-order chi connectivity index (χ1) is 13.5. The minimum absolute atomic E-state index is 0.171. The Hall–Kier alpha value is -2.67. The summed E-state index contributed by atoms with van der Waals surface area (Å²) in [6.07, 6.45) is 0.938. The standard InChI is InChI=1S/C21H29N5O2/c1-15(2)8-9-22-20(27)18-14-16(3)23-21(25-18)24-17-6-4-5-7-19(17)26-10-12-28-13-11-26/h4-7,14-15H,8-13H2,1-3H3,(H,22,27)(H,23,24,25). The van der Waals surface area contributed by atoms with Crippen LogP contribution in [0.15, 0.2) is 30.3 Å². The number of carbonyl (C=O) groups is 1. The largest absolute Gasteiger partial charge is 0.378 e. The summed E-state index contributed by atoms with van der Waals surface area (Å²) in [6, 6.07) is 9.77. The van der Waals surface area contributed by atoms with Crippen molar-refractivity contribution < 1.29 is 9.53 Å². The van der Waals surface area contributed by atoms with Crippen molar-refractivity contribution in [3.8, 4) is 0 Å². The number of amides is 1. The molecule has 2 heterocycles. The predicted octanol–water partition coefficient (Wildman–Crippen LogP) is 3.14. The Morgan fingerprint density at radius 3 is 2.71 bits per heavy atom. The lowest BCUT2D eigenvalue weighted by atomic mass is 10.1. The van der Waals surface area contributed by atoms with Crippen LogP contribution >= 0.6 is 0 Å². The summed E-state index contributed by atoms with van der Waals surface area (Å²) in [5, 5.41) is 6.23. The molecule has 2 aromatic rings. The molecular formula is C21H29N5O2. The van der Waals surface area contributed by atoms with Gasteiger partial charge in [-0.1, -0.05) is 26.0 Å². The van der Waals surface area contributed by atoms with Crippen LogP contribution in [-0.2, 0) is 4.74 Å². The molecule has 28 heavy (non-hydrogen) atoms. The molecule has 7 heteroatoms. The molecule has 1 aliphatic heterocycles. The molecule has 3 rings (SSSR count). The number of hydrogen-bond donors (Lipinski definition) is 2. The van der Waals surface area contributed by atoms with Gasteiger partial charge in [0.15, 0.2) is 0 Å². The average Bonchev–Trinajstić information content (AvgIpc) is 2.68. The van der Waals surface area contributed by atoms with E-state index in [1.165, 1.54) is 0 Å². The summed E-state index contributed by atoms with van der Waals surface area (Å²) in [5.74, 6) is 0.798. The minimum Gasteiger partial charge on any atom is -0.378 e. The molecule has 1 aliphatic rings. The van der Waals surface area contributed by atoms with Crippen molar-refractivity contribution in [2.45, 2.75) is 27.2 Å². The first-order valence-corrected chi connectivity index (χ1v) is 9.85. The third kappa shape index (κ3) is 5.42. The van der Waals surface area contributed by atoms with Crippen molar-refractivity contribution in [2.24, 2.45) is 5.92 Å². The molecule has 0 unspecified atom stereocenters. The summed E-state index contributed by atoms with van der Waals surface area (Å²) in [6.45, 7) is 9.90. The maximum Gasteiger partial charge on any atom is 0.270 e. The Kier molecular flexibility index (Phi) is 6.81. The van der Waals surface area contributed by atoms with Crippen molar-refractivity contribution >= 4 is 23.2 Å². The van der Waals surface area contributed by atoms with E-state index < -0.39 is 0 Å². The third-order valence-corrected chi connectivity index (χ3v) is 4.60.